The molecule has 0 fully saturated rings. The Labute approximate surface area is 139 Å². The van der Waals surface area contributed by atoms with E-state index < -0.39 is 5.97 Å². The van der Waals surface area contributed by atoms with Gasteiger partial charge in [-0.3, -0.25) is 0 Å². The summed E-state index contributed by atoms with van der Waals surface area (Å²) in [5.41, 5.74) is 2.94. The number of ether oxygens (including phenoxy) is 2. The number of carbonyl (C=O) groups is 1. The average Bonchev–Trinajstić information content (AvgIpc) is 2.97. The van der Waals surface area contributed by atoms with Crippen molar-refractivity contribution >= 4 is 17.9 Å². The van der Waals surface area contributed by atoms with Gasteiger partial charge in [0.1, 0.15) is 11.9 Å². The van der Waals surface area contributed by atoms with Crippen molar-refractivity contribution in [1.29, 1.82) is 0 Å². The molecule has 2 aliphatic heterocycles. The highest BCUT2D eigenvalue weighted by atomic mass is 16.6. The number of fused-ring (bicyclic) bond motifs is 1. The number of cyclic esters (lactones) is 1. The Hall–Kier alpha value is -3.14. The Kier molecular flexibility index (Phi) is 3.50. The molecule has 24 heavy (non-hydrogen) atoms. The van der Waals surface area contributed by atoms with E-state index >= 15 is 0 Å². The number of esters is 1. The Morgan fingerprint density at radius 1 is 1.04 bits per heavy atom. The van der Waals surface area contributed by atoms with Gasteiger partial charge in [-0.05, 0) is 42.8 Å². The number of hydrogen-bond donors (Lipinski definition) is 0. The molecule has 0 unspecified atom stereocenters. The van der Waals surface area contributed by atoms with Gasteiger partial charge >= 0.3 is 5.97 Å². The minimum absolute atomic E-state index is 0.156. The molecule has 118 valence electrons. The van der Waals surface area contributed by atoms with E-state index in [0.717, 1.165) is 22.4 Å². The van der Waals surface area contributed by atoms with Gasteiger partial charge in [0.15, 0.2) is 5.70 Å². The highest BCUT2D eigenvalue weighted by Gasteiger charge is 2.26. The van der Waals surface area contributed by atoms with Crippen LogP contribution < -0.4 is 4.74 Å². The first-order valence-electron chi connectivity index (χ1n) is 7.76. The number of hydrogen-bond acceptors (Lipinski definition) is 4. The summed E-state index contributed by atoms with van der Waals surface area (Å²) >= 11 is 0. The minimum atomic E-state index is -0.444. The molecule has 0 aromatic heterocycles. The summed E-state index contributed by atoms with van der Waals surface area (Å²) in [7, 11) is 0. The van der Waals surface area contributed by atoms with Crippen molar-refractivity contribution in [2.75, 3.05) is 0 Å². The van der Waals surface area contributed by atoms with Gasteiger partial charge in [0, 0.05) is 11.1 Å². The van der Waals surface area contributed by atoms with E-state index in [2.05, 4.69) is 4.99 Å². The van der Waals surface area contributed by atoms with Crippen molar-refractivity contribution in [3.05, 3.63) is 83.1 Å². The highest BCUT2D eigenvalue weighted by molar-refractivity contribution is 6.11. The smallest absolute Gasteiger partial charge is 0.363 e. The maximum atomic E-state index is 12.1. The number of rotatable bonds is 2. The second kappa shape index (κ2) is 5.81. The third-order valence-corrected chi connectivity index (χ3v) is 3.96. The lowest BCUT2D eigenvalue weighted by molar-refractivity contribution is -0.130. The topological polar surface area (TPSA) is 47.9 Å². The summed E-state index contributed by atoms with van der Waals surface area (Å²) in [6, 6.07) is 17.2. The van der Waals surface area contributed by atoms with Gasteiger partial charge in [0.2, 0.25) is 5.90 Å². The van der Waals surface area contributed by atoms with Gasteiger partial charge in [-0.25, -0.2) is 9.79 Å². The second-order valence-corrected chi connectivity index (χ2v) is 5.64. The highest BCUT2D eigenvalue weighted by Crippen LogP contribution is 2.31. The Bertz CT molecular complexity index is 894. The second-order valence-electron chi connectivity index (χ2n) is 5.64. The van der Waals surface area contributed by atoms with E-state index in [9.17, 15) is 4.79 Å². The molecule has 2 aromatic rings. The lowest BCUT2D eigenvalue weighted by Crippen LogP contribution is -2.18. The van der Waals surface area contributed by atoms with Crippen LogP contribution in [0.5, 0.6) is 5.75 Å². The minimum Gasteiger partial charge on any atom is -0.485 e. The van der Waals surface area contributed by atoms with E-state index in [1.54, 1.807) is 6.08 Å². The molecular weight excluding hydrogens is 302 g/mol. The summed E-state index contributed by atoms with van der Waals surface area (Å²) in [5, 5.41) is 0. The number of nitrogens with zero attached hydrogens (tertiary/aromatic N) is 1. The molecule has 2 aromatic carbocycles. The number of para-hydroxylation sites is 1. The molecule has 4 nitrogen and oxygen atoms in total. The largest absolute Gasteiger partial charge is 0.485 e. The molecule has 4 rings (SSSR count). The van der Waals surface area contributed by atoms with Crippen LogP contribution in [0.4, 0.5) is 0 Å². The standard InChI is InChI=1S/C20H15NO3/c1-13-16(11-15-9-5-6-10-18(15)23-13)12-17-20(22)24-19(21-17)14-7-3-2-4-8-14/h2-13H,1H3/b17-12+/t13-/m1/s1. The molecule has 0 saturated heterocycles. The van der Waals surface area contributed by atoms with Crippen molar-refractivity contribution in [3.8, 4) is 5.75 Å². The SMILES string of the molecule is C[C@H]1Oc2ccccc2C=C1/C=C1/N=C(c2ccccc2)OC1=O. The first-order chi connectivity index (χ1) is 11.7. The van der Waals surface area contributed by atoms with Crippen LogP contribution in [0, 0.1) is 0 Å². The van der Waals surface area contributed by atoms with Crippen LogP contribution in [0.2, 0.25) is 0 Å². The summed E-state index contributed by atoms with van der Waals surface area (Å²) in [6.07, 6.45) is 3.59. The third-order valence-electron chi connectivity index (χ3n) is 3.96. The van der Waals surface area contributed by atoms with Crippen molar-refractivity contribution < 1.29 is 14.3 Å². The molecule has 1 atom stereocenters. The van der Waals surface area contributed by atoms with Gasteiger partial charge in [0.25, 0.3) is 0 Å². The van der Waals surface area contributed by atoms with E-state index in [1.807, 2.05) is 67.6 Å². The Morgan fingerprint density at radius 3 is 2.62 bits per heavy atom. The molecule has 0 saturated carbocycles. The van der Waals surface area contributed by atoms with Crippen LogP contribution in [0.25, 0.3) is 6.08 Å². The molecule has 0 N–H and O–H groups in total. The molecule has 0 spiro atoms. The number of aliphatic imine (C=N–C) groups is 1. The maximum Gasteiger partial charge on any atom is 0.363 e. The summed E-state index contributed by atoms with van der Waals surface area (Å²) in [4.78, 5) is 16.4. The van der Waals surface area contributed by atoms with Crippen LogP contribution in [0.1, 0.15) is 18.1 Å². The average molecular weight is 317 g/mol. The zero-order chi connectivity index (χ0) is 16.5. The van der Waals surface area contributed by atoms with Gasteiger partial charge in [0.05, 0.1) is 0 Å². The Balaban J connectivity index is 1.69. The van der Waals surface area contributed by atoms with Crippen LogP contribution in [0.15, 0.2) is 76.9 Å². The normalized spacial score (nSPS) is 20.8. The molecule has 2 heterocycles. The van der Waals surface area contributed by atoms with Crippen molar-refractivity contribution in [2.45, 2.75) is 13.0 Å². The van der Waals surface area contributed by atoms with Crippen LogP contribution in [0.3, 0.4) is 0 Å². The maximum absolute atomic E-state index is 12.1. The number of carbonyl (C=O) groups excluding carboxylic acids is 1. The fourth-order valence-corrected chi connectivity index (χ4v) is 2.69. The molecule has 0 aliphatic carbocycles. The van der Waals surface area contributed by atoms with E-state index in [1.165, 1.54) is 0 Å². The monoisotopic (exact) mass is 317 g/mol. The van der Waals surface area contributed by atoms with Crippen LogP contribution >= 0.6 is 0 Å². The molecule has 0 bridgehead atoms. The van der Waals surface area contributed by atoms with E-state index in [4.69, 9.17) is 9.47 Å². The molecule has 4 heteroatoms. The zero-order valence-electron chi connectivity index (χ0n) is 13.1. The molecule has 0 radical (unpaired) electrons. The summed E-state index contributed by atoms with van der Waals surface area (Å²) < 4.78 is 11.2. The summed E-state index contributed by atoms with van der Waals surface area (Å²) in [5.74, 6) is 0.729. The predicted molar refractivity (Wildman–Crippen MR) is 91.7 cm³/mol. The zero-order valence-corrected chi connectivity index (χ0v) is 13.1. The van der Waals surface area contributed by atoms with Gasteiger partial charge in [-0.15, -0.1) is 0 Å². The first-order valence-corrected chi connectivity index (χ1v) is 7.76. The van der Waals surface area contributed by atoms with Crippen molar-refractivity contribution in [1.82, 2.24) is 0 Å². The van der Waals surface area contributed by atoms with Gasteiger partial charge < -0.3 is 9.47 Å². The van der Waals surface area contributed by atoms with Gasteiger partial charge in [-0.1, -0.05) is 36.4 Å². The number of benzene rings is 2. The quantitative estimate of drug-likeness (QED) is 0.626. The fourth-order valence-electron chi connectivity index (χ4n) is 2.69. The van der Waals surface area contributed by atoms with Crippen molar-refractivity contribution in [3.63, 3.8) is 0 Å². The fraction of sp³-hybridized carbons (Fsp3) is 0.100. The third kappa shape index (κ3) is 2.63. The van der Waals surface area contributed by atoms with Crippen LogP contribution in [-0.2, 0) is 9.53 Å². The van der Waals surface area contributed by atoms with E-state index in [0.29, 0.717) is 5.90 Å². The molecular formula is C20H15NO3. The van der Waals surface area contributed by atoms with E-state index in [-0.39, 0.29) is 11.8 Å². The summed E-state index contributed by atoms with van der Waals surface area (Å²) in [6.45, 7) is 1.95. The molecule has 0 amide bonds. The lowest BCUT2D eigenvalue weighted by Gasteiger charge is -2.22. The predicted octanol–water partition coefficient (Wildman–Crippen LogP) is 3.74. The first kappa shape index (κ1) is 14.5. The van der Waals surface area contributed by atoms with Crippen molar-refractivity contribution in [2.24, 2.45) is 4.99 Å². The molecule has 2 aliphatic rings. The van der Waals surface area contributed by atoms with Crippen LogP contribution in [-0.4, -0.2) is 18.0 Å². The Morgan fingerprint density at radius 2 is 1.79 bits per heavy atom. The van der Waals surface area contributed by atoms with Gasteiger partial charge in [-0.2, -0.15) is 0 Å². The lowest BCUT2D eigenvalue weighted by atomic mass is 10.0.